The Bertz CT molecular complexity index is 706. The summed E-state index contributed by atoms with van der Waals surface area (Å²) in [6, 6.07) is 11.0. The number of hydrogen-bond donors (Lipinski definition) is 2. The van der Waals surface area contributed by atoms with Crippen LogP contribution in [0.25, 0.3) is 0 Å². The molecule has 2 N–H and O–H groups in total. The van der Waals surface area contributed by atoms with E-state index in [1.807, 2.05) is 0 Å². The first kappa shape index (κ1) is 18.4. The van der Waals surface area contributed by atoms with E-state index in [1.165, 1.54) is 18.4 Å². The molecule has 0 spiro atoms. The fraction of sp³-hybridized carbons (Fsp3) is 0.550. The van der Waals surface area contributed by atoms with Crippen LogP contribution in [0.5, 0.6) is 0 Å². The standard InChI is InChI=1S/C20H30N6/c1-3-21-20(23-16(2)12-13-17-9-5-4-6-10-17)22-15-19-25-24-18-11-7-8-14-26(18)19/h4-6,9-10,16H,3,7-8,11-15H2,1-2H3,(H2,21,22,23). The zero-order chi connectivity index (χ0) is 18.2. The van der Waals surface area contributed by atoms with Crippen molar-refractivity contribution in [3.05, 3.63) is 47.5 Å². The maximum Gasteiger partial charge on any atom is 0.191 e. The highest BCUT2D eigenvalue weighted by Gasteiger charge is 2.15. The molecule has 0 saturated heterocycles. The van der Waals surface area contributed by atoms with Crippen LogP contribution in [0.2, 0.25) is 0 Å². The summed E-state index contributed by atoms with van der Waals surface area (Å²) in [6.45, 7) is 6.72. The number of nitrogens with one attached hydrogen (secondary N) is 2. The summed E-state index contributed by atoms with van der Waals surface area (Å²) in [5.41, 5.74) is 1.37. The third kappa shape index (κ3) is 5.07. The quantitative estimate of drug-likeness (QED) is 0.593. The van der Waals surface area contributed by atoms with Crippen molar-refractivity contribution in [2.24, 2.45) is 4.99 Å². The largest absolute Gasteiger partial charge is 0.357 e. The monoisotopic (exact) mass is 354 g/mol. The predicted octanol–water partition coefficient (Wildman–Crippen LogP) is 2.69. The number of rotatable bonds is 7. The lowest BCUT2D eigenvalue weighted by Crippen LogP contribution is -2.42. The molecule has 6 heteroatoms. The van der Waals surface area contributed by atoms with Crippen LogP contribution in [-0.4, -0.2) is 33.3 Å². The molecule has 0 saturated carbocycles. The van der Waals surface area contributed by atoms with Crippen LogP contribution in [-0.2, 0) is 25.9 Å². The molecule has 2 heterocycles. The molecule has 0 amide bonds. The van der Waals surface area contributed by atoms with E-state index in [-0.39, 0.29) is 0 Å². The predicted molar refractivity (Wildman–Crippen MR) is 105 cm³/mol. The summed E-state index contributed by atoms with van der Waals surface area (Å²) in [4.78, 5) is 4.73. The van der Waals surface area contributed by atoms with Gasteiger partial charge in [-0.25, -0.2) is 4.99 Å². The highest BCUT2D eigenvalue weighted by molar-refractivity contribution is 5.79. The number of aromatic nitrogens is 3. The van der Waals surface area contributed by atoms with Crippen molar-refractivity contribution < 1.29 is 0 Å². The number of aryl methyl sites for hydroxylation is 2. The van der Waals surface area contributed by atoms with E-state index in [1.54, 1.807) is 0 Å². The fourth-order valence-corrected chi connectivity index (χ4v) is 3.29. The van der Waals surface area contributed by atoms with Crippen molar-refractivity contribution in [2.45, 2.75) is 65.1 Å². The first-order chi connectivity index (χ1) is 12.8. The highest BCUT2D eigenvalue weighted by Crippen LogP contribution is 2.14. The summed E-state index contributed by atoms with van der Waals surface area (Å²) in [6.07, 6.45) is 5.58. The second-order valence-corrected chi connectivity index (χ2v) is 6.91. The third-order valence-electron chi connectivity index (χ3n) is 4.75. The first-order valence-electron chi connectivity index (χ1n) is 9.76. The second-order valence-electron chi connectivity index (χ2n) is 6.91. The molecule has 1 aliphatic rings. The van der Waals surface area contributed by atoms with E-state index in [2.05, 4.69) is 69.6 Å². The zero-order valence-corrected chi connectivity index (χ0v) is 15.9. The maximum absolute atomic E-state index is 4.73. The van der Waals surface area contributed by atoms with E-state index in [0.717, 1.165) is 50.0 Å². The normalized spacial score (nSPS) is 15.4. The Balaban J connectivity index is 1.55. The molecule has 1 atom stereocenters. The summed E-state index contributed by atoms with van der Waals surface area (Å²) in [7, 11) is 0. The van der Waals surface area contributed by atoms with Gasteiger partial charge >= 0.3 is 0 Å². The smallest absolute Gasteiger partial charge is 0.191 e. The van der Waals surface area contributed by atoms with E-state index in [9.17, 15) is 0 Å². The van der Waals surface area contributed by atoms with Crippen LogP contribution in [0.3, 0.4) is 0 Å². The van der Waals surface area contributed by atoms with Gasteiger partial charge in [-0.3, -0.25) is 0 Å². The van der Waals surface area contributed by atoms with Crippen LogP contribution < -0.4 is 10.6 Å². The van der Waals surface area contributed by atoms with Gasteiger partial charge in [-0.05, 0) is 45.1 Å². The molecule has 1 aromatic heterocycles. The lowest BCUT2D eigenvalue weighted by atomic mass is 10.1. The molecule has 1 aliphatic heterocycles. The average Bonchev–Trinajstić information content (AvgIpc) is 3.09. The van der Waals surface area contributed by atoms with Crippen LogP contribution >= 0.6 is 0 Å². The van der Waals surface area contributed by atoms with Gasteiger partial charge in [0.15, 0.2) is 11.8 Å². The molecule has 0 radical (unpaired) electrons. The van der Waals surface area contributed by atoms with Gasteiger partial charge in [-0.2, -0.15) is 0 Å². The van der Waals surface area contributed by atoms with E-state index < -0.39 is 0 Å². The van der Waals surface area contributed by atoms with Gasteiger partial charge in [-0.15, -0.1) is 10.2 Å². The Kier molecular flexibility index (Phi) is 6.63. The van der Waals surface area contributed by atoms with Gasteiger partial charge in [0.1, 0.15) is 12.4 Å². The number of benzene rings is 1. The minimum atomic E-state index is 0.348. The van der Waals surface area contributed by atoms with Crippen molar-refractivity contribution in [1.82, 2.24) is 25.4 Å². The molecular formula is C20H30N6. The molecule has 140 valence electrons. The van der Waals surface area contributed by atoms with Crippen molar-refractivity contribution in [3.8, 4) is 0 Å². The molecule has 6 nitrogen and oxygen atoms in total. The van der Waals surface area contributed by atoms with Gasteiger partial charge in [-0.1, -0.05) is 30.3 Å². The number of fused-ring (bicyclic) bond motifs is 1. The molecule has 1 unspecified atom stereocenters. The van der Waals surface area contributed by atoms with Crippen LogP contribution in [0.1, 0.15) is 50.3 Å². The van der Waals surface area contributed by atoms with E-state index in [0.29, 0.717) is 12.6 Å². The van der Waals surface area contributed by atoms with Gasteiger partial charge in [0.25, 0.3) is 0 Å². The molecule has 3 rings (SSSR count). The number of aliphatic imine (C=N–C) groups is 1. The maximum atomic E-state index is 4.73. The lowest BCUT2D eigenvalue weighted by molar-refractivity contribution is 0.507. The van der Waals surface area contributed by atoms with Crippen molar-refractivity contribution >= 4 is 5.96 Å². The summed E-state index contributed by atoms with van der Waals surface area (Å²) < 4.78 is 2.23. The Morgan fingerprint density at radius 3 is 2.88 bits per heavy atom. The van der Waals surface area contributed by atoms with Crippen molar-refractivity contribution in [3.63, 3.8) is 0 Å². The Morgan fingerprint density at radius 2 is 2.08 bits per heavy atom. The van der Waals surface area contributed by atoms with Crippen LogP contribution in [0.4, 0.5) is 0 Å². The molecule has 1 aromatic carbocycles. The molecule has 0 aliphatic carbocycles. The number of hydrogen-bond acceptors (Lipinski definition) is 3. The SMILES string of the molecule is CCNC(=NCc1nnc2n1CCCC2)NC(C)CCc1ccccc1. The molecule has 2 aromatic rings. The molecule has 0 fully saturated rings. The molecular weight excluding hydrogens is 324 g/mol. The lowest BCUT2D eigenvalue weighted by Gasteiger charge is -2.18. The minimum absolute atomic E-state index is 0.348. The van der Waals surface area contributed by atoms with Crippen molar-refractivity contribution in [2.75, 3.05) is 6.54 Å². The van der Waals surface area contributed by atoms with Crippen LogP contribution in [0.15, 0.2) is 35.3 Å². The topological polar surface area (TPSA) is 67.1 Å². The average molecular weight is 355 g/mol. The van der Waals surface area contributed by atoms with E-state index >= 15 is 0 Å². The number of guanidine groups is 1. The summed E-state index contributed by atoms with van der Waals surface area (Å²) in [5.74, 6) is 2.92. The minimum Gasteiger partial charge on any atom is -0.357 e. The van der Waals surface area contributed by atoms with E-state index in [4.69, 9.17) is 4.99 Å². The van der Waals surface area contributed by atoms with Crippen LogP contribution in [0, 0.1) is 0 Å². The zero-order valence-electron chi connectivity index (χ0n) is 15.9. The van der Waals surface area contributed by atoms with Gasteiger partial charge in [0.05, 0.1) is 0 Å². The third-order valence-corrected chi connectivity index (χ3v) is 4.75. The molecule has 26 heavy (non-hydrogen) atoms. The van der Waals surface area contributed by atoms with Gasteiger partial charge in [0, 0.05) is 25.6 Å². The summed E-state index contributed by atoms with van der Waals surface area (Å²) in [5, 5.41) is 15.5. The Morgan fingerprint density at radius 1 is 1.23 bits per heavy atom. The number of nitrogens with zero attached hydrogens (tertiary/aromatic N) is 4. The van der Waals surface area contributed by atoms with Gasteiger partial charge < -0.3 is 15.2 Å². The Hall–Kier alpha value is -2.37. The Labute approximate surface area is 156 Å². The first-order valence-corrected chi connectivity index (χ1v) is 9.76. The van der Waals surface area contributed by atoms with Crippen molar-refractivity contribution in [1.29, 1.82) is 0 Å². The molecule has 0 bridgehead atoms. The summed E-state index contributed by atoms with van der Waals surface area (Å²) >= 11 is 0. The fourth-order valence-electron chi connectivity index (χ4n) is 3.29. The highest BCUT2D eigenvalue weighted by atomic mass is 15.3. The second kappa shape index (κ2) is 9.36. The van der Waals surface area contributed by atoms with Gasteiger partial charge in [0.2, 0.25) is 0 Å².